The second-order valence-corrected chi connectivity index (χ2v) is 19.6. The second-order valence-electron chi connectivity index (χ2n) is 10.8. The molecule has 4 unspecified atom stereocenters. The van der Waals surface area contributed by atoms with Crippen molar-refractivity contribution in [2.45, 2.75) is 102 Å². The highest BCUT2D eigenvalue weighted by Crippen LogP contribution is 2.49. The van der Waals surface area contributed by atoms with Crippen LogP contribution in [0.15, 0.2) is 10.3 Å². The molecule has 2 aliphatic carbocycles. The molecule has 0 N–H and O–H groups in total. The highest BCUT2D eigenvalue weighted by atomic mass is 28.4. The summed E-state index contributed by atoms with van der Waals surface area (Å²) in [6.45, 7) is 13.3. The molecule has 0 spiro atoms. The largest absolute Gasteiger partial charge is 0.380 e. The lowest BCUT2D eigenvalue weighted by molar-refractivity contribution is -0.208. The van der Waals surface area contributed by atoms with Gasteiger partial charge in [0.1, 0.15) is 11.4 Å². The van der Waals surface area contributed by atoms with Gasteiger partial charge in [-0.1, -0.05) is 23.2 Å². The SMILES string of the molecule is C[Si](C)(C)OC12CCCCC1C(C1=NOC3(O[Si](C)(C)C)CCCCC13)=NO2. The Labute approximate surface area is 171 Å². The van der Waals surface area contributed by atoms with E-state index in [1.165, 1.54) is 12.8 Å². The van der Waals surface area contributed by atoms with E-state index >= 15 is 0 Å². The Hall–Kier alpha value is -0.706. The summed E-state index contributed by atoms with van der Waals surface area (Å²) in [6.07, 6.45) is 8.50. The second kappa shape index (κ2) is 6.92. The van der Waals surface area contributed by atoms with Gasteiger partial charge in [-0.15, -0.1) is 0 Å². The Balaban J connectivity index is 1.61. The van der Waals surface area contributed by atoms with Crippen LogP contribution in [0.4, 0.5) is 0 Å². The third-order valence-electron chi connectivity index (χ3n) is 6.08. The third kappa shape index (κ3) is 3.73. The molecular formula is C20H36N2O4Si2. The van der Waals surface area contributed by atoms with Crippen molar-refractivity contribution in [3.05, 3.63) is 0 Å². The van der Waals surface area contributed by atoms with Gasteiger partial charge in [-0.2, -0.15) is 0 Å². The van der Waals surface area contributed by atoms with E-state index in [0.29, 0.717) is 0 Å². The molecule has 0 aromatic rings. The lowest BCUT2D eigenvalue weighted by Crippen LogP contribution is -2.53. The summed E-state index contributed by atoms with van der Waals surface area (Å²) in [5, 5.41) is 9.19. The summed E-state index contributed by atoms with van der Waals surface area (Å²) < 4.78 is 13.2. The lowest BCUT2D eigenvalue weighted by atomic mass is 9.74. The summed E-state index contributed by atoms with van der Waals surface area (Å²) in [7, 11) is -3.56. The monoisotopic (exact) mass is 424 g/mol. The topological polar surface area (TPSA) is 61.6 Å². The molecule has 2 aliphatic heterocycles. The van der Waals surface area contributed by atoms with Crippen LogP contribution in [0.25, 0.3) is 0 Å². The van der Waals surface area contributed by atoms with E-state index in [1.807, 2.05) is 0 Å². The molecule has 0 aromatic carbocycles. The number of rotatable bonds is 5. The van der Waals surface area contributed by atoms with Gasteiger partial charge in [0.15, 0.2) is 16.6 Å². The maximum Gasteiger partial charge on any atom is 0.236 e. The predicted octanol–water partition coefficient (Wildman–Crippen LogP) is 5.23. The Morgan fingerprint density at radius 3 is 1.46 bits per heavy atom. The van der Waals surface area contributed by atoms with E-state index in [1.54, 1.807) is 0 Å². The van der Waals surface area contributed by atoms with Crippen LogP contribution in [0.5, 0.6) is 0 Å². The predicted molar refractivity (Wildman–Crippen MR) is 115 cm³/mol. The number of nitrogens with zero attached hydrogens (tertiary/aromatic N) is 2. The minimum atomic E-state index is -1.78. The zero-order chi connectivity index (χ0) is 20.2. The summed E-state index contributed by atoms with van der Waals surface area (Å²) >= 11 is 0. The van der Waals surface area contributed by atoms with Crippen molar-refractivity contribution in [3.63, 3.8) is 0 Å². The number of hydrogen-bond acceptors (Lipinski definition) is 6. The highest BCUT2D eigenvalue weighted by molar-refractivity contribution is 6.70. The van der Waals surface area contributed by atoms with Crippen LogP contribution in [0, 0.1) is 11.8 Å². The van der Waals surface area contributed by atoms with Gasteiger partial charge in [0.25, 0.3) is 0 Å². The van der Waals surface area contributed by atoms with Crippen LogP contribution in [0.3, 0.4) is 0 Å². The lowest BCUT2D eigenvalue weighted by Gasteiger charge is -2.42. The Morgan fingerprint density at radius 2 is 1.11 bits per heavy atom. The van der Waals surface area contributed by atoms with Gasteiger partial charge in [0, 0.05) is 12.8 Å². The Kier molecular flexibility index (Phi) is 5.08. The summed E-state index contributed by atoms with van der Waals surface area (Å²) in [5.41, 5.74) is 1.93. The molecule has 4 aliphatic rings. The quantitative estimate of drug-likeness (QED) is 0.567. The van der Waals surface area contributed by atoms with E-state index in [4.69, 9.17) is 18.5 Å². The number of oxime groups is 2. The van der Waals surface area contributed by atoms with Gasteiger partial charge in [0.05, 0.1) is 11.8 Å². The van der Waals surface area contributed by atoms with Gasteiger partial charge < -0.3 is 18.5 Å². The van der Waals surface area contributed by atoms with E-state index < -0.39 is 28.2 Å². The van der Waals surface area contributed by atoms with Crippen molar-refractivity contribution in [2.75, 3.05) is 0 Å². The highest BCUT2D eigenvalue weighted by Gasteiger charge is 2.60. The molecule has 0 amide bonds. The molecule has 0 saturated heterocycles. The molecule has 0 radical (unpaired) electrons. The average Bonchev–Trinajstić information content (AvgIpc) is 3.09. The standard InChI is InChI=1S/C20H36N2O4Si2/c1-27(2,3)25-19-13-9-7-11-15(19)17(21-23-19)18-16-12-8-10-14-20(16,24-22-18)26-28(4,5)6/h15-16H,7-14H2,1-6H3. The van der Waals surface area contributed by atoms with Crippen LogP contribution in [-0.2, 0) is 18.5 Å². The van der Waals surface area contributed by atoms with Crippen molar-refractivity contribution in [3.8, 4) is 0 Å². The van der Waals surface area contributed by atoms with Crippen molar-refractivity contribution in [1.82, 2.24) is 0 Å². The molecule has 2 fully saturated rings. The molecule has 4 atom stereocenters. The van der Waals surface area contributed by atoms with Crippen molar-refractivity contribution >= 4 is 28.1 Å². The molecule has 158 valence electrons. The molecule has 0 aromatic heterocycles. The minimum absolute atomic E-state index is 0.153. The maximum absolute atomic E-state index is 6.60. The van der Waals surface area contributed by atoms with Crippen LogP contribution in [0.1, 0.15) is 51.4 Å². The summed E-state index contributed by atoms with van der Waals surface area (Å²) in [5.74, 6) is -0.889. The van der Waals surface area contributed by atoms with E-state index in [9.17, 15) is 0 Å². The molecule has 6 nitrogen and oxygen atoms in total. The Bertz CT molecular complexity index is 627. The van der Waals surface area contributed by atoms with Gasteiger partial charge >= 0.3 is 0 Å². The molecule has 28 heavy (non-hydrogen) atoms. The molecule has 4 rings (SSSR count). The zero-order valence-corrected chi connectivity index (χ0v) is 20.3. The van der Waals surface area contributed by atoms with Gasteiger partial charge in [-0.3, -0.25) is 0 Å². The van der Waals surface area contributed by atoms with E-state index in [-0.39, 0.29) is 11.8 Å². The fourth-order valence-electron chi connectivity index (χ4n) is 5.29. The molecule has 8 heteroatoms. The van der Waals surface area contributed by atoms with Gasteiger partial charge in [-0.25, -0.2) is 0 Å². The Morgan fingerprint density at radius 1 is 0.714 bits per heavy atom. The van der Waals surface area contributed by atoms with Crippen LogP contribution >= 0.6 is 0 Å². The number of hydrogen-bond donors (Lipinski definition) is 0. The van der Waals surface area contributed by atoms with Crippen LogP contribution in [0.2, 0.25) is 39.3 Å². The first-order valence-corrected chi connectivity index (χ1v) is 17.8. The van der Waals surface area contributed by atoms with Crippen molar-refractivity contribution < 1.29 is 18.5 Å². The molecule has 2 heterocycles. The first-order valence-electron chi connectivity index (χ1n) is 11.0. The first-order chi connectivity index (χ1) is 13.0. The molecule has 2 saturated carbocycles. The normalized spacial score (nSPS) is 38.1. The van der Waals surface area contributed by atoms with Gasteiger partial charge in [-0.05, 0) is 65.0 Å². The van der Waals surface area contributed by atoms with Crippen LogP contribution < -0.4 is 0 Å². The van der Waals surface area contributed by atoms with E-state index in [2.05, 4.69) is 49.6 Å². The fraction of sp³-hybridized carbons (Fsp3) is 0.900. The smallest absolute Gasteiger partial charge is 0.236 e. The average molecular weight is 425 g/mol. The van der Waals surface area contributed by atoms with Crippen molar-refractivity contribution in [2.24, 2.45) is 22.1 Å². The summed E-state index contributed by atoms with van der Waals surface area (Å²) in [4.78, 5) is 12.2. The van der Waals surface area contributed by atoms with Gasteiger partial charge in [0.2, 0.25) is 11.6 Å². The first kappa shape index (κ1) is 20.6. The van der Waals surface area contributed by atoms with Crippen LogP contribution in [-0.4, -0.2) is 39.6 Å². The maximum atomic E-state index is 6.60. The van der Waals surface area contributed by atoms with Crippen molar-refractivity contribution in [1.29, 1.82) is 0 Å². The minimum Gasteiger partial charge on any atom is -0.380 e. The molecular weight excluding hydrogens is 388 g/mol. The summed E-state index contributed by atoms with van der Waals surface area (Å²) in [6, 6.07) is 0. The fourth-order valence-corrected chi connectivity index (χ4v) is 7.92. The zero-order valence-electron chi connectivity index (χ0n) is 18.3. The molecule has 0 bridgehead atoms. The third-order valence-corrected chi connectivity index (χ3v) is 7.99. The number of fused-ring (bicyclic) bond motifs is 2. The van der Waals surface area contributed by atoms with E-state index in [0.717, 1.165) is 49.9 Å².